The van der Waals surface area contributed by atoms with Crippen molar-refractivity contribution in [1.82, 2.24) is 9.71 Å². The summed E-state index contributed by atoms with van der Waals surface area (Å²) in [6.07, 6.45) is 1.08. The Labute approximate surface area is 114 Å². The van der Waals surface area contributed by atoms with Crippen molar-refractivity contribution in [1.29, 1.82) is 0 Å². The molecule has 20 heavy (non-hydrogen) atoms. The fourth-order valence-corrected chi connectivity index (χ4v) is 2.57. The number of sulfonamides is 1. The fourth-order valence-electron chi connectivity index (χ4n) is 1.56. The molecule has 6 nitrogen and oxygen atoms in total. The van der Waals surface area contributed by atoms with Gasteiger partial charge in [0.25, 0.3) is 0 Å². The van der Waals surface area contributed by atoms with Crippen molar-refractivity contribution < 1.29 is 22.7 Å². The van der Waals surface area contributed by atoms with Gasteiger partial charge in [0.2, 0.25) is 10.0 Å². The standard InChI is InChI=1S/C12H11FN2O4S/c13-9-3-1-2-8(4-9)6-15-20(18,19)10-5-11(12(16)17)14-7-10/h1-5,7,14-15H,6H2,(H,16,17). The summed E-state index contributed by atoms with van der Waals surface area (Å²) in [7, 11) is -3.85. The third kappa shape index (κ3) is 3.22. The Morgan fingerprint density at radius 3 is 2.70 bits per heavy atom. The number of aromatic carboxylic acids is 1. The number of benzene rings is 1. The maximum absolute atomic E-state index is 13.0. The topological polar surface area (TPSA) is 99.3 Å². The third-order valence-corrected chi connectivity index (χ3v) is 3.93. The highest BCUT2D eigenvalue weighted by Gasteiger charge is 2.17. The van der Waals surface area contributed by atoms with Crippen LogP contribution in [-0.2, 0) is 16.6 Å². The molecule has 1 aromatic heterocycles. The molecule has 2 aromatic rings. The van der Waals surface area contributed by atoms with Crippen LogP contribution in [0, 0.1) is 5.82 Å². The van der Waals surface area contributed by atoms with Crippen LogP contribution in [0.1, 0.15) is 16.1 Å². The van der Waals surface area contributed by atoms with Crippen molar-refractivity contribution in [2.45, 2.75) is 11.4 Å². The van der Waals surface area contributed by atoms with E-state index in [0.29, 0.717) is 5.56 Å². The number of halogens is 1. The van der Waals surface area contributed by atoms with Gasteiger partial charge in [-0.05, 0) is 23.8 Å². The molecule has 1 aromatic carbocycles. The lowest BCUT2D eigenvalue weighted by molar-refractivity contribution is 0.0691. The number of hydrogen-bond donors (Lipinski definition) is 3. The average molecular weight is 298 g/mol. The van der Waals surface area contributed by atoms with Crippen molar-refractivity contribution in [3.05, 3.63) is 53.6 Å². The first-order chi connectivity index (χ1) is 9.38. The van der Waals surface area contributed by atoms with Crippen LogP contribution >= 0.6 is 0 Å². The minimum absolute atomic E-state index is 0.0896. The summed E-state index contributed by atoms with van der Waals surface area (Å²) < 4.78 is 39.0. The van der Waals surface area contributed by atoms with Gasteiger partial charge in [-0.2, -0.15) is 0 Å². The lowest BCUT2D eigenvalue weighted by atomic mass is 10.2. The third-order valence-electron chi connectivity index (χ3n) is 2.55. The van der Waals surface area contributed by atoms with Crippen molar-refractivity contribution >= 4 is 16.0 Å². The van der Waals surface area contributed by atoms with Crippen LogP contribution in [0.4, 0.5) is 4.39 Å². The fraction of sp³-hybridized carbons (Fsp3) is 0.0833. The summed E-state index contributed by atoms with van der Waals surface area (Å²) in [4.78, 5) is 12.8. The van der Waals surface area contributed by atoms with Crippen LogP contribution < -0.4 is 4.72 Å². The summed E-state index contributed by atoms with van der Waals surface area (Å²) >= 11 is 0. The van der Waals surface area contributed by atoms with E-state index in [1.54, 1.807) is 6.07 Å². The normalized spacial score (nSPS) is 11.4. The molecule has 0 saturated heterocycles. The molecule has 0 fully saturated rings. The first kappa shape index (κ1) is 14.2. The van der Waals surface area contributed by atoms with Gasteiger partial charge >= 0.3 is 5.97 Å². The van der Waals surface area contributed by atoms with Crippen LogP contribution in [-0.4, -0.2) is 24.5 Å². The van der Waals surface area contributed by atoms with Gasteiger partial charge in [-0.1, -0.05) is 12.1 Å². The molecule has 0 amide bonds. The molecule has 0 aliphatic carbocycles. The van der Waals surface area contributed by atoms with Gasteiger partial charge in [-0.3, -0.25) is 0 Å². The molecule has 0 radical (unpaired) electrons. The molecule has 0 spiro atoms. The largest absolute Gasteiger partial charge is 0.477 e. The van der Waals surface area contributed by atoms with Crippen molar-refractivity contribution in [3.8, 4) is 0 Å². The number of rotatable bonds is 5. The Hall–Kier alpha value is -2.19. The predicted molar refractivity (Wildman–Crippen MR) is 68.2 cm³/mol. The minimum atomic E-state index is -3.85. The number of hydrogen-bond acceptors (Lipinski definition) is 3. The van der Waals surface area contributed by atoms with Crippen LogP contribution in [0.25, 0.3) is 0 Å². The number of nitrogens with one attached hydrogen (secondary N) is 2. The van der Waals surface area contributed by atoms with E-state index in [2.05, 4.69) is 9.71 Å². The molecule has 3 N–H and O–H groups in total. The lowest BCUT2D eigenvalue weighted by Crippen LogP contribution is -2.22. The highest BCUT2D eigenvalue weighted by Crippen LogP contribution is 2.12. The smallest absolute Gasteiger partial charge is 0.352 e. The number of carboxylic acid groups (broad SMARTS) is 1. The Bertz CT molecular complexity index is 739. The number of H-pyrrole nitrogens is 1. The Morgan fingerprint density at radius 1 is 1.35 bits per heavy atom. The SMILES string of the molecule is O=C(O)c1cc(S(=O)(=O)NCc2cccc(F)c2)c[nH]1. The van der Waals surface area contributed by atoms with Crippen molar-refractivity contribution in [2.24, 2.45) is 0 Å². The van der Waals surface area contributed by atoms with Gasteiger partial charge in [0.05, 0.1) is 0 Å². The molecule has 0 aliphatic rings. The van der Waals surface area contributed by atoms with Crippen LogP contribution in [0.5, 0.6) is 0 Å². The van der Waals surface area contributed by atoms with Gasteiger partial charge in [0, 0.05) is 12.7 Å². The maximum Gasteiger partial charge on any atom is 0.352 e. The molecule has 2 rings (SSSR count). The van der Waals surface area contributed by atoms with E-state index in [9.17, 15) is 17.6 Å². The molecule has 0 atom stereocenters. The second-order valence-corrected chi connectivity index (χ2v) is 5.78. The Morgan fingerprint density at radius 2 is 2.10 bits per heavy atom. The minimum Gasteiger partial charge on any atom is -0.477 e. The average Bonchev–Trinajstić information content (AvgIpc) is 2.87. The van der Waals surface area contributed by atoms with Crippen molar-refractivity contribution in [2.75, 3.05) is 0 Å². The number of aromatic nitrogens is 1. The summed E-state index contributed by atoms with van der Waals surface area (Å²) in [6.45, 7) is -0.0896. The lowest BCUT2D eigenvalue weighted by Gasteiger charge is -2.05. The second-order valence-electron chi connectivity index (χ2n) is 4.01. The molecule has 1 heterocycles. The molecule has 0 saturated carbocycles. The molecule has 0 aliphatic heterocycles. The first-order valence-corrected chi connectivity index (χ1v) is 7.02. The zero-order valence-electron chi connectivity index (χ0n) is 10.1. The molecular formula is C12H11FN2O4S. The van der Waals surface area contributed by atoms with Gasteiger partial charge in [0.15, 0.2) is 0 Å². The van der Waals surface area contributed by atoms with Crippen molar-refractivity contribution in [3.63, 3.8) is 0 Å². The quantitative estimate of drug-likeness (QED) is 0.775. The van der Waals surface area contributed by atoms with E-state index < -0.39 is 21.8 Å². The first-order valence-electron chi connectivity index (χ1n) is 5.54. The number of aromatic amines is 1. The van der Waals surface area contributed by atoms with Gasteiger partial charge in [0.1, 0.15) is 16.4 Å². The summed E-state index contributed by atoms with van der Waals surface area (Å²) in [5, 5.41) is 8.71. The van der Waals surface area contributed by atoms with E-state index in [-0.39, 0.29) is 17.1 Å². The van der Waals surface area contributed by atoms with E-state index in [1.807, 2.05) is 0 Å². The molecule has 8 heteroatoms. The summed E-state index contributed by atoms with van der Waals surface area (Å²) in [5.74, 6) is -1.71. The zero-order chi connectivity index (χ0) is 14.8. The van der Waals surface area contributed by atoms with Crippen LogP contribution in [0.2, 0.25) is 0 Å². The number of carboxylic acids is 1. The van der Waals surface area contributed by atoms with Gasteiger partial charge < -0.3 is 10.1 Å². The maximum atomic E-state index is 13.0. The van der Waals surface area contributed by atoms with Gasteiger partial charge in [-0.25, -0.2) is 22.3 Å². The van der Waals surface area contributed by atoms with E-state index in [1.165, 1.54) is 18.2 Å². The zero-order valence-corrected chi connectivity index (χ0v) is 10.9. The molecule has 0 unspecified atom stereocenters. The monoisotopic (exact) mass is 298 g/mol. The molecule has 0 bridgehead atoms. The van der Waals surface area contributed by atoms with Gasteiger partial charge in [-0.15, -0.1) is 0 Å². The van der Waals surface area contributed by atoms with Crippen LogP contribution in [0.15, 0.2) is 41.4 Å². The highest BCUT2D eigenvalue weighted by molar-refractivity contribution is 7.89. The molecule has 106 valence electrons. The molecular weight excluding hydrogens is 287 g/mol. The van der Waals surface area contributed by atoms with E-state index in [4.69, 9.17) is 5.11 Å². The summed E-state index contributed by atoms with van der Waals surface area (Å²) in [5.41, 5.74) is 0.235. The highest BCUT2D eigenvalue weighted by atomic mass is 32.2. The van der Waals surface area contributed by atoms with E-state index in [0.717, 1.165) is 12.3 Å². The Balaban J connectivity index is 2.12. The predicted octanol–water partition coefficient (Wildman–Crippen LogP) is 1.33. The van der Waals surface area contributed by atoms with E-state index >= 15 is 0 Å². The second kappa shape index (κ2) is 5.43. The number of carbonyl (C=O) groups is 1. The summed E-state index contributed by atoms with van der Waals surface area (Å²) in [6, 6.07) is 6.52. The Kier molecular flexibility index (Phi) is 3.86. The van der Waals surface area contributed by atoms with Crippen LogP contribution in [0.3, 0.4) is 0 Å².